The molecule has 7 nitrogen and oxygen atoms in total. The molecule has 2 aliphatic rings. The van der Waals surface area contributed by atoms with Crippen molar-refractivity contribution in [3.63, 3.8) is 0 Å². The summed E-state index contributed by atoms with van der Waals surface area (Å²) in [5.41, 5.74) is 4.35. The Balaban J connectivity index is 1.52. The molecular weight excluding hydrogens is 456 g/mol. The van der Waals surface area contributed by atoms with E-state index in [1.165, 1.54) is 25.3 Å². The minimum Gasteiger partial charge on any atom is -0.461 e. The van der Waals surface area contributed by atoms with Crippen LogP contribution >= 0.6 is 0 Å². The van der Waals surface area contributed by atoms with Crippen LogP contribution in [0.2, 0.25) is 0 Å². The van der Waals surface area contributed by atoms with Crippen molar-refractivity contribution in [2.24, 2.45) is 11.8 Å². The summed E-state index contributed by atoms with van der Waals surface area (Å²) >= 11 is 0. The number of benzene rings is 1. The van der Waals surface area contributed by atoms with Crippen molar-refractivity contribution < 1.29 is 23.9 Å². The molecule has 2 atom stereocenters. The topological polar surface area (TPSA) is 85.9 Å². The van der Waals surface area contributed by atoms with E-state index in [0.717, 1.165) is 49.7 Å². The number of ether oxygens (including phenoxy) is 2. The molecule has 2 N–H and O–H groups in total. The third-order valence-electron chi connectivity index (χ3n) is 6.85. The number of esters is 1. The van der Waals surface area contributed by atoms with Gasteiger partial charge in [0.25, 0.3) is 5.91 Å². The van der Waals surface area contributed by atoms with Crippen molar-refractivity contribution in [3.05, 3.63) is 41.5 Å². The van der Waals surface area contributed by atoms with Gasteiger partial charge in [0.1, 0.15) is 12.1 Å². The molecule has 7 heteroatoms. The predicted octanol–water partition coefficient (Wildman–Crippen LogP) is 5.29. The molecule has 1 unspecified atom stereocenters. The third kappa shape index (κ3) is 10.0. The molecule has 2 saturated carbocycles. The van der Waals surface area contributed by atoms with E-state index < -0.39 is 6.29 Å². The Labute approximate surface area is 216 Å². The lowest BCUT2D eigenvalue weighted by atomic mass is 9.83. The zero-order valence-electron chi connectivity index (χ0n) is 22.2. The molecule has 200 valence electrons. The summed E-state index contributed by atoms with van der Waals surface area (Å²) in [6.45, 7) is 6.98. The Morgan fingerprint density at radius 3 is 2.47 bits per heavy atom. The summed E-state index contributed by atoms with van der Waals surface area (Å²) < 4.78 is 11.4. The fourth-order valence-electron chi connectivity index (χ4n) is 4.90. The highest BCUT2D eigenvalue weighted by atomic mass is 16.8. The number of rotatable bonds is 13. The molecule has 0 bridgehead atoms. The maximum atomic E-state index is 13.1. The summed E-state index contributed by atoms with van der Waals surface area (Å²) in [5, 5.41) is 3.51. The predicted molar refractivity (Wildman–Crippen MR) is 141 cm³/mol. The van der Waals surface area contributed by atoms with Crippen LogP contribution in [-0.2, 0) is 30.4 Å². The fourth-order valence-corrected chi connectivity index (χ4v) is 4.90. The average molecular weight is 501 g/mol. The quantitative estimate of drug-likeness (QED) is 0.166. The van der Waals surface area contributed by atoms with Crippen LogP contribution < -0.4 is 10.8 Å². The molecular formula is C29H44N2O5. The number of hydroxylamine groups is 1. The van der Waals surface area contributed by atoms with E-state index in [9.17, 15) is 9.59 Å². The van der Waals surface area contributed by atoms with Gasteiger partial charge in [-0.15, -0.1) is 0 Å². The summed E-state index contributed by atoms with van der Waals surface area (Å²) in [4.78, 5) is 30.4. The van der Waals surface area contributed by atoms with Gasteiger partial charge >= 0.3 is 5.97 Å². The molecule has 0 aromatic heterocycles. The molecule has 2 fully saturated rings. The van der Waals surface area contributed by atoms with Crippen LogP contribution in [0.1, 0.15) is 89.7 Å². The summed E-state index contributed by atoms with van der Waals surface area (Å²) in [6.07, 6.45) is 12.7. The number of carbonyl (C=O) groups excluding carboxylic acids is 2. The van der Waals surface area contributed by atoms with Crippen LogP contribution in [0.5, 0.6) is 0 Å². The highest BCUT2D eigenvalue weighted by molar-refractivity contribution is 5.90. The van der Waals surface area contributed by atoms with Gasteiger partial charge in [-0.05, 0) is 74.5 Å². The van der Waals surface area contributed by atoms with Gasteiger partial charge in [0.2, 0.25) is 0 Å². The summed E-state index contributed by atoms with van der Waals surface area (Å²) in [6, 6.07) is 7.68. The Morgan fingerprint density at radius 1 is 1.03 bits per heavy atom. The van der Waals surface area contributed by atoms with E-state index >= 15 is 0 Å². The normalized spacial score (nSPS) is 19.0. The molecule has 2 aliphatic carbocycles. The van der Waals surface area contributed by atoms with E-state index in [0.29, 0.717) is 25.0 Å². The molecule has 1 aromatic rings. The average Bonchev–Trinajstić information content (AvgIpc) is 3.39. The number of nitrogens with one attached hydrogen (secondary N) is 2. The van der Waals surface area contributed by atoms with E-state index in [2.05, 4.69) is 24.6 Å². The lowest BCUT2D eigenvalue weighted by molar-refractivity contribution is -0.180. The second-order valence-corrected chi connectivity index (χ2v) is 10.6. The fraction of sp³-hybridized carbons (Fsp3) is 0.655. The maximum Gasteiger partial charge on any atom is 0.323 e. The van der Waals surface area contributed by atoms with Gasteiger partial charge < -0.3 is 14.8 Å². The van der Waals surface area contributed by atoms with Gasteiger partial charge in [0.05, 0.1) is 6.61 Å². The molecule has 36 heavy (non-hydrogen) atoms. The molecule has 1 amide bonds. The SMILES string of the molecule is CC(C)COC(C)ONC(=O)/C=C/c1cccc(CN[C@H](C(=O)OC2CCCC2)C2CCCCC2)c1. The Hall–Kier alpha value is -2.22. The van der Waals surface area contributed by atoms with E-state index in [-0.39, 0.29) is 24.0 Å². The van der Waals surface area contributed by atoms with E-state index in [4.69, 9.17) is 14.3 Å². The minimum atomic E-state index is -0.517. The lowest BCUT2D eigenvalue weighted by Gasteiger charge is -2.30. The largest absolute Gasteiger partial charge is 0.461 e. The van der Waals surface area contributed by atoms with Crippen molar-refractivity contribution in [1.82, 2.24) is 10.8 Å². The second kappa shape index (κ2) is 15.1. The van der Waals surface area contributed by atoms with E-state index in [1.807, 2.05) is 24.3 Å². The van der Waals surface area contributed by atoms with Gasteiger partial charge in [0.15, 0.2) is 6.29 Å². The first-order valence-electron chi connectivity index (χ1n) is 13.7. The lowest BCUT2D eigenvalue weighted by Crippen LogP contribution is -2.45. The van der Waals surface area contributed by atoms with Crippen LogP contribution in [0.25, 0.3) is 6.08 Å². The van der Waals surface area contributed by atoms with Crippen LogP contribution in [0.4, 0.5) is 0 Å². The van der Waals surface area contributed by atoms with E-state index in [1.54, 1.807) is 13.0 Å². The summed E-state index contributed by atoms with van der Waals surface area (Å²) in [5.74, 6) is 0.273. The standard InChI is InChI=1S/C29H44N2O5/c1-21(2)20-34-22(3)36-31-27(32)17-16-23-10-9-11-24(18-23)19-30-28(25-12-5-4-6-13-25)29(33)35-26-14-7-8-15-26/h9-11,16-18,21-22,25-26,28,30H,4-8,12-15,19-20H2,1-3H3,(H,31,32)/b17-16+/t22?,28-/m0/s1. The van der Waals surface area contributed by atoms with Crippen molar-refractivity contribution in [2.45, 2.75) is 104 Å². The van der Waals surface area contributed by atoms with Gasteiger partial charge in [-0.2, -0.15) is 0 Å². The first-order chi connectivity index (χ1) is 17.4. The Kier molecular flexibility index (Phi) is 11.9. The first-order valence-corrected chi connectivity index (χ1v) is 13.7. The molecule has 1 aromatic carbocycles. The van der Waals surface area contributed by atoms with Crippen LogP contribution in [-0.4, -0.2) is 36.9 Å². The molecule has 0 radical (unpaired) electrons. The van der Waals surface area contributed by atoms with Crippen molar-refractivity contribution >= 4 is 18.0 Å². The van der Waals surface area contributed by atoms with Gasteiger partial charge in [-0.25, -0.2) is 10.3 Å². The highest BCUT2D eigenvalue weighted by Gasteiger charge is 2.32. The zero-order chi connectivity index (χ0) is 25.8. The monoisotopic (exact) mass is 500 g/mol. The molecule has 3 rings (SSSR count). The van der Waals surface area contributed by atoms with Crippen molar-refractivity contribution in [3.8, 4) is 0 Å². The molecule has 0 spiro atoms. The summed E-state index contributed by atoms with van der Waals surface area (Å²) in [7, 11) is 0. The smallest absolute Gasteiger partial charge is 0.323 e. The molecule has 0 heterocycles. The van der Waals surface area contributed by atoms with Crippen LogP contribution in [0.3, 0.4) is 0 Å². The van der Waals surface area contributed by atoms with Crippen molar-refractivity contribution in [2.75, 3.05) is 6.61 Å². The minimum absolute atomic E-state index is 0.0822. The van der Waals surface area contributed by atoms with Gasteiger partial charge in [-0.3, -0.25) is 9.59 Å². The van der Waals surface area contributed by atoms with Gasteiger partial charge in [0, 0.05) is 12.6 Å². The number of carbonyl (C=O) groups is 2. The Morgan fingerprint density at radius 2 is 1.75 bits per heavy atom. The second-order valence-electron chi connectivity index (χ2n) is 10.6. The number of amides is 1. The van der Waals surface area contributed by atoms with Gasteiger partial charge in [-0.1, -0.05) is 57.4 Å². The first kappa shape index (κ1) is 28.4. The molecule has 0 aliphatic heterocycles. The zero-order valence-corrected chi connectivity index (χ0v) is 22.2. The van der Waals surface area contributed by atoms with Crippen LogP contribution in [0, 0.1) is 11.8 Å². The van der Waals surface area contributed by atoms with Crippen LogP contribution in [0.15, 0.2) is 30.3 Å². The van der Waals surface area contributed by atoms with Crippen molar-refractivity contribution in [1.29, 1.82) is 0 Å². The maximum absolute atomic E-state index is 13.1. The number of hydrogen-bond acceptors (Lipinski definition) is 6. The Bertz CT molecular complexity index is 844. The number of hydrogen-bond donors (Lipinski definition) is 2. The highest BCUT2D eigenvalue weighted by Crippen LogP contribution is 2.29. The molecule has 0 saturated heterocycles. The third-order valence-corrected chi connectivity index (χ3v) is 6.85.